The lowest BCUT2D eigenvalue weighted by molar-refractivity contribution is -0.0962. The lowest BCUT2D eigenvalue weighted by Crippen LogP contribution is -2.55. The topological polar surface area (TPSA) is 29.5 Å². The van der Waals surface area contributed by atoms with Gasteiger partial charge in [0.2, 0.25) is 0 Å². The standard InChI is InChI=1S/C31H53IO2/c1-20(10-13-25(32)28(4,5)34-9)21-14-18-31(8)23-11-12-24-27(2,3)26(33)16-17-29(24,6)22(23)15-19-30(21,31)7/h20-21,24-26,33H,10-19H2,1-9H3/t20-,21-,24+,25?,26+,29-,30-,31+/m1/s1. The molecule has 0 heterocycles. The Bertz CT molecular complexity index is 814. The smallest absolute Gasteiger partial charge is 0.0739 e. The summed E-state index contributed by atoms with van der Waals surface area (Å²) in [6.45, 7) is 19.6. The first-order valence-electron chi connectivity index (χ1n) is 14.3. The zero-order valence-electron chi connectivity index (χ0n) is 23.7. The van der Waals surface area contributed by atoms with Crippen LogP contribution >= 0.6 is 22.6 Å². The molecule has 0 aromatic rings. The maximum atomic E-state index is 10.9. The molecule has 0 radical (unpaired) electrons. The second-order valence-corrected chi connectivity index (χ2v) is 16.1. The van der Waals surface area contributed by atoms with E-state index in [9.17, 15) is 5.11 Å². The van der Waals surface area contributed by atoms with E-state index < -0.39 is 0 Å². The number of hydrogen-bond acceptors (Lipinski definition) is 2. The van der Waals surface area contributed by atoms with Crippen molar-refractivity contribution < 1.29 is 9.84 Å². The van der Waals surface area contributed by atoms with Gasteiger partial charge >= 0.3 is 0 Å². The molecule has 2 saturated carbocycles. The van der Waals surface area contributed by atoms with Crippen LogP contribution in [0.2, 0.25) is 0 Å². The van der Waals surface area contributed by atoms with E-state index in [0.29, 0.717) is 26.1 Å². The molecule has 4 rings (SSSR count). The summed E-state index contributed by atoms with van der Waals surface area (Å²) in [5, 5.41) is 10.9. The number of allylic oxidation sites excluding steroid dienone is 2. The third kappa shape index (κ3) is 3.91. The van der Waals surface area contributed by atoms with E-state index in [1.165, 1.54) is 57.8 Å². The molecular weight excluding hydrogens is 531 g/mol. The van der Waals surface area contributed by atoms with Crippen LogP contribution in [0, 0.1) is 39.4 Å². The summed E-state index contributed by atoms with van der Waals surface area (Å²) in [5.74, 6) is 2.22. The van der Waals surface area contributed by atoms with Crippen LogP contribution in [0.3, 0.4) is 0 Å². The van der Waals surface area contributed by atoms with Crippen molar-refractivity contribution in [1.82, 2.24) is 0 Å². The highest BCUT2D eigenvalue weighted by atomic mass is 127. The summed E-state index contributed by atoms with van der Waals surface area (Å²) in [6, 6.07) is 0. The predicted molar refractivity (Wildman–Crippen MR) is 152 cm³/mol. The molecule has 196 valence electrons. The summed E-state index contributed by atoms with van der Waals surface area (Å²) in [7, 11) is 1.86. The van der Waals surface area contributed by atoms with E-state index in [0.717, 1.165) is 18.3 Å². The summed E-state index contributed by atoms with van der Waals surface area (Å²) >= 11 is 2.62. The molecule has 0 amide bonds. The number of methoxy groups -OCH3 is 1. The first kappa shape index (κ1) is 27.4. The van der Waals surface area contributed by atoms with Gasteiger partial charge in [0.1, 0.15) is 0 Å². The highest BCUT2D eigenvalue weighted by Crippen LogP contribution is 2.72. The number of aliphatic hydroxyl groups is 1. The molecular formula is C31H53IO2. The van der Waals surface area contributed by atoms with Crippen LogP contribution in [0.1, 0.15) is 120 Å². The van der Waals surface area contributed by atoms with E-state index in [-0.39, 0.29) is 17.1 Å². The highest BCUT2D eigenvalue weighted by molar-refractivity contribution is 14.1. The highest BCUT2D eigenvalue weighted by Gasteiger charge is 2.63. The van der Waals surface area contributed by atoms with Crippen molar-refractivity contribution in [1.29, 1.82) is 0 Å². The lowest BCUT2D eigenvalue weighted by Gasteiger charge is -2.62. The third-order valence-corrected chi connectivity index (χ3v) is 14.8. The van der Waals surface area contributed by atoms with Crippen LogP contribution in [0.25, 0.3) is 0 Å². The summed E-state index contributed by atoms with van der Waals surface area (Å²) in [6.07, 6.45) is 12.6. The molecule has 4 aliphatic carbocycles. The minimum absolute atomic E-state index is 0.0336. The molecule has 1 unspecified atom stereocenters. The number of ether oxygens (including phenoxy) is 1. The first-order chi connectivity index (χ1) is 15.6. The molecule has 0 aromatic heterocycles. The quantitative estimate of drug-likeness (QED) is 0.192. The fraction of sp³-hybridized carbons (Fsp3) is 0.935. The Hall–Kier alpha value is 0.390. The molecule has 0 spiro atoms. The molecule has 34 heavy (non-hydrogen) atoms. The molecule has 0 saturated heterocycles. The second kappa shape index (κ2) is 9.00. The molecule has 2 nitrogen and oxygen atoms in total. The van der Waals surface area contributed by atoms with Crippen molar-refractivity contribution in [2.75, 3.05) is 7.11 Å². The van der Waals surface area contributed by atoms with Crippen LogP contribution in [-0.4, -0.2) is 27.8 Å². The van der Waals surface area contributed by atoms with Gasteiger partial charge in [0, 0.05) is 11.0 Å². The third-order valence-electron chi connectivity index (χ3n) is 12.6. The molecule has 4 aliphatic rings. The van der Waals surface area contributed by atoms with Gasteiger partial charge in [0.15, 0.2) is 0 Å². The number of hydrogen-bond donors (Lipinski definition) is 1. The van der Waals surface area contributed by atoms with Gasteiger partial charge in [-0.2, -0.15) is 0 Å². The molecule has 1 N–H and O–H groups in total. The normalized spacial score (nSPS) is 43.7. The summed E-state index contributed by atoms with van der Waals surface area (Å²) in [5.41, 5.74) is 4.78. The van der Waals surface area contributed by atoms with E-state index in [1.807, 2.05) is 18.3 Å². The molecule has 3 heteroatoms. The lowest BCUT2D eigenvalue weighted by atomic mass is 9.43. The van der Waals surface area contributed by atoms with Crippen molar-refractivity contribution in [2.45, 2.75) is 135 Å². The minimum atomic E-state index is -0.140. The monoisotopic (exact) mass is 584 g/mol. The molecule has 0 aliphatic heterocycles. The van der Waals surface area contributed by atoms with Crippen LogP contribution in [0.15, 0.2) is 11.1 Å². The number of fused-ring (bicyclic) bond motifs is 4. The van der Waals surface area contributed by atoms with E-state index >= 15 is 0 Å². The molecule has 0 aromatic carbocycles. The number of alkyl halides is 1. The van der Waals surface area contributed by atoms with Crippen LogP contribution in [0.5, 0.6) is 0 Å². The molecule has 0 bridgehead atoms. The largest absolute Gasteiger partial charge is 0.393 e. The number of aliphatic hydroxyl groups excluding tert-OH is 1. The van der Waals surface area contributed by atoms with Crippen LogP contribution < -0.4 is 0 Å². The van der Waals surface area contributed by atoms with Gasteiger partial charge in [-0.15, -0.1) is 0 Å². The Labute approximate surface area is 224 Å². The van der Waals surface area contributed by atoms with Gasteiger partial charge in [0.05, 0.1) is 11.7 Å². The first-order valence-corrected chi connectivity index (χ1v) is 15.5. The van der Waals surface area contributed by atoms with Gasteiger partial charge in [-0.1, -0.05) is 75.3 Å². The van der Waals surface area contributed by atoms with Crippen molar-refractivity contribution in [2.24, 2.45) is 39.4 Å². The van der Waals surface area contributed by atoms with Gasteiger partial charge in [-0.05, 0) is 117 Å². The zero-order valence-corrected chi connectivity index (χ0v) is 25.8. The average molecular weight is 585 g/mol. The average Bonchev–Trinajstić information content (AvgIpc) is 3.06. The zero-order chi connectivity index (χ0) is 25.3. The predicted octanol–water partition coefficient (Wildman–Crippen LogP) is 8.74. The van der Waals surface area contributed by atoms with Gasteiger partial charge in [-0.25, -0.2) is 0 Å². The number of halogens is 1. The molecule has 2 fully saturated rings. The van der Waals surface area contributed by atoms with Crippen LogP contribution in [-0.2, 0) is 4.74 Å². The van der Waals surface area contributed by atoms with Crippen molar-refractivity contribution in [3.8, 4) is 0 Å². The Balaban J connectivity index is 1.58. The van der Waals surface area contributed by atoms with E-state index in [1.54, 1.807) is 0 Å². The maximum absolute atomic E-state index is 10.9. The van der Waals surface area contributed by atoms with Gasteiger partial charge in [0.25, 0.3) is 0 Å². The maximum Gasteiger partial charge on any atom is 0.0739 e. The summed E-state index contributed by atoms with van der Waals surface area (Å²) < 4.78 is 6.34. The van der Waals surface area contributed by atoms with Crippen molar-refractivity contribution in [3.05, 3.63) is 11.1 Å². The fourth-order valence-corrected chi connectivity index (χ4v) is 10.3. The molecule has 8 atom stereocenters. The fourth-order valence-electron chi connectivity index (χ4n) is 9.71. The number of rotatable bonds is 6. The Morgan fingerprint density at radius 2 is 1.65 bits per heavy atom. The Morgan fingerprint density at radius 3 is 2.29 bits per heavy atom. The minimum Gasteiger partial charge on any atom is -0.393 e. The van der Waals surface area contributed by atoms with Crippen LogP contribution in [0.4, 0.5) is 0 Å². The van der Waals surface area contributed by atoms with Crippen molar-refractivity contribution >= 4 is 22.6 Å². The Kier molecular flexibility index (Phi) is 7.26. The van der Waals surface area contributed by atoms with E-state index in [2.05, 4.69) is 78.0 Å². The van der Waals surface area contributed by atoms with E-state index in [4.69, 9.17) is 4.74 Å². The SMILES string of the molecule is COC(C)(C)C(I)CC[C@@H](C)[C@H]1CC[C@@]2(C)C3=C(CC[C@]12C)[C@@]1(C)CC[C@H](O)C(C)(C)[C@@H]1CC3. The van der Waals surface area contributed by atoms with Crippen molar-refractivity contribution in [3.63, 3.8) is 0 Å². The summed E-state index contributed by atoms with van der Waals surface area (Å²) in [4.78, 5) is 0. The second-order valence-electron chi connectivity index (χ2n) is 14.6. The Morgan fingerprint density at radius 1 is 0.971 bits per heavy atom. The van der Waals surface area contributed by atoms with Gasteiger partial charge < -0.3 is 9.84 Å². The van der Waals surface area contributed by atoms with Gasteiger partial charge in [-0.3, -0.25) is 0 Å².